The number of carbonyl (C=O) groups is 1. The fourth-order valence-electron chi connectivity index (χ4n) is 2.85. The first-order valence-corrected chi connectivity index (χ1v) is 9.53. The van der Waals surface area contributed by atoms with Crippen molar-refractivity contribution < 1.29 is 23.1 Å². The normalized spacial score (nSPS) is 19.0. The summed E-state index contributed by atoms with van der Waals surface area (Å²) in [5.41, 5.74) is 0.540. The highest BCUT2D eigenvalue weighted by Gasteiger charge is 2.35. The highest BCUT2D eigenvalue weighted by atomic mass is 32.2. The van der Waals surface area contributed by atoms with Crippen molar-refractivity contribution in [2.75, 3.05) is 30.5 Å². The molecule has 1 N–H and O–H groups in total. The molecule has 0 spiro atoms. The van der Waals surface area contributed by atoms with Crippen molar-refractivity contribution in [3.8, 4) is 5.75 Å². The van der Waals surface area contributed by atoms with E-state index in [1.807, 2.05) is 6.92 Å². The molecule has 1 aromatic rings. The van der Waals surface area contributed by atoms with E-state index in [2.05, 4.69) is 0 Å². The third-order valence-electron chi connectivity index (χ3n) is 4.06. The number of hydrogen-bond acceptors (Lipinski definition) is 4. The Morgan fingerprint density at radius 1 is 1.33 bits per heavy atom. The molecule has 7 nitrogen and oxygen atoms in total. The van der Waals surface area contributed by atoms with Crippen molar-refractivity contribution >= 4 is 21.9 Å². The van der Waals surface area contributed by atoms with Gasteiger partial charge < -0.3 is 9.84 Å². The number of aliphatic carboxylic acids is 1. The van der Waals surface area contributed by atoms with Crippen LogP contribution in [0.3, 0.4) is 0 Å². The molecule has 1 aliphatic rings. The maximum Gasteiger partial charge on any atom is 0.307 e. The number of anilines is 1. The summed E-state index contributed by atoms with van der Waals surface area (Å²) in [6.07, 6.45) is 1.06. The van der Waals surface area contributed by atoms with Gasteiger partial charge in [-0.3, -0.25) is 9.10 Å². The molecule has 8 heteroatoms. The molecule has 0 aromatic heterocycles. The molecule has 1 aliphatic heterocycles. The monoisotopic (exact) mass is 356 g/mol. The van der Waals surface area contributed by atoms with Gasteiger partial charge in [-0.05, 0) is 51.0 Å². The van der Waals surface area contributed by atoms with Crippen molar-refractivity contribution in [1.29, 1.82) is 0 Å². The molecule has 24 heavy (non-hydrogen) atoms. The zero-order valence-corrected chi connectivity index (χ0v) is 14.8. The van der Waals surface area contributed by atoms with E-state index >= 15 is 0 Å². The molecule has 0 saturated carbocycles. The number of rotatable bonds is 7. The summed E-state index contributed by atoms with van der Waals surface area (Å²) < 4.78 is 33.8. The average molecular weight is 356 g/mol. The number of carboxylic acids is 1. The second kappa shape index (κ2) is 7.85. The standard InChI is InChI=1S/C16H24N2O5S/c1-3-18(14-7-9-15(10-8-14)23-4-2)24(21,22)17-11-5-6-13(12-17)16(19)20/h7-10,13H,3-6,11-12H2,1-2H3,(H,19,20). The van der Waals surface area contributed by atoms with Gasteiger partial charge in [-0.2, -0.15) is 12.7 Å². The second-order valence-corrected chi connectivity index (χ2v) is 7.49. The van der Waals surface area contributed by atoms with Crippen LogP contribution in [0.15, 0.2) is 24.3 Å². The fourth-order valence-corrected chi connectivity index (χ4v) is 4.57. The SMILES string of the molecule is CCOc1ccc(N(CC)S(=O)(=O)N2CCCC(C(=O)O)C2)cc1. The van der Waals surface area contributed by atoms with E-state index in [0.29, 0.717) is 37.4 Å². The lowest BCUT2D eigenvalue weighted by molar-refractivity contribution is -0.142. The van der Waals surface area contributed by atoms with Gasteiger partial charge in [0.05, 0.1) is 18.2 Å². The highest BCUT2D eigenvalue weighted by molar-refractivity contribution is 7.90. The Balaban J connectivity index is 2.22. The largest absolute Gasteiger partial charge is 0.494 e. The number of hydrogen-bond donors (Lipinski definition) is 1. The molecule has 0 radical (unpaired) electrons. The zero-order chi connectivity index (χ0) is 17.7. The molecular formula is C16H24N2O5S. The Morgan fingerprint density at radius 2 is 2.00 bits per heavy atom. The van der Waals surface area contributed by atoms with Gasteiger partial charge in [0.1, 0.15) is 5.75 Å². The van der Waals surface area contributed by atoms with Gasteiger partial charge in [-0.1, -0.05) is 0 Å². The highest BCUT2D eigenvalue weighted by Crippen LogP contribution is 2.26. The maximum atomic E-state index is 12.9. The van der Waals surface area contributed by atoms with E-state index < -0.39 is 22.1 Å². The van der Waals surface area contributed by atoms with Crippen LogP contribution in [-0.4, -0.2) is 50.0 Å². The summed E-state index contributed by atoms with van der Waals surface area (Å²) in [4.78, 5) is 11.2. The minimum absolute atomic E-state index is 0.0190. The van der Waals surface area contributed by atoms with Gasteiger partial charge in [-0.15, -0.1) is 0 Å². The molecule has 2 rings (SSSR count). The van der Waals surface area contributed by atoms with Gasteiger partial charge in [-0.25, -0.2) is 0 Å². The number of carboxylic acid groups (broad SMARTS) is 1. The molecule has 1 fully saturated rings. The van der Waals surface area contributed by atoms with Gasteiger partial charge >= 0.3 is 16.2 Å². The van der Waals surface area contributed by atoms with Crippen molar-refractivity contribution in [1.82, 2.24) is 4.31 Å². The van der Waals surface area contributed by atoms with Crippen molar-refractivity contribution in [3.05, 3.63) is 24.3 Å². The van der Waals surface area contributed by atoms with Crippen molar-refractivity contribution in [2.45, 2.75) is 26.7 Å². The molecule has 0 amide bonds. The zero-order valence-electron chi connectivity index (χ0n) is 14.0. The van der Waals surface area contributed by atoms with E-state index in [-0.39, 0.29) is 13.1 Å². The van der Waals surface area contributed by atoms with Crippen LogP contribution in [0.5, 0.6) is 5.75 Å². The molecule has 1 unspecified atom stereocenters. The first-order valence-electron chi connectivity index (χ1n) is 8.13. The molecule has 1 atom stereocenters. The Labute approximate surface area is 143 Å². The molecule has 0 bridgehead atoms. The van der Waals surface area contributed by atoms with E-state index in [9.17, 15) is 13.2 Å². The predicted molar refractivity (Wildman–Crippen MR) is 91.5 cm³/mol. The Hall–Kier alpha value is -1.80. The molecule has 134 valence electrons. The summed E-state index contributed by atoms with van der Waals surface area (Å²) in [6.45, 7) is 4.81. The van der Waals surface area contributed by atoms with Gasteiger partial charge in [0.25, 0.3) is 0 Å². The first kappa shape index (κ1) is 18.5. The predicted octanol–water partition coefficient (Wildman–Crippen LogP) is 1.95. The van der Waals surface area contributed by atoms with Gasteiger partial charge in [0.2, 0.25) is 0 Å². The van der Waals surface area contributed by atoms with Gasteiger partial charge in [0, 0.05) is 19.6 Å². The van der Waals surface area contributed by atoms with E-state index in [4.69, 9.17) is 9.84 Å². The lowest BCUT2D eigenvalue weighted by Crippen LogP contribution is -2.49. The summed E-state index contributed by atoms with van der Waals surface area (Å²) in [7, 11) is -3.76. The molecule has 0 aliphatic carbocycles. The minimum atomic E-state index is -3.76. The second-order valence-electron chi connectivity index (χ2n) is 5.63. The third-order valence-corrected chi connectivity index (χ3v) is 6.07. The Bertz CT molecular complexity index is 660. The Morgan fingerprint density at radius 3 is 2.54 bits per heavy atom. The molecule has 1 saturated heterocycles. The number of benzene rings is 1. The minimum Gasteiger partial charge on any atom is -0.494 e. The number of piperidine rings is 1. The quantitative estimate of drug-likeness (QED) is 0.807. The smallest absolute Gasteiger partial charge is 0.307 e. The third kappa shape index (κ3) is 3.99. The lowest BCUT2D eigenvalue weighted by Gasteiger charge is -2.34. The van der Waals surface area contributed by atoms with E-state index in [1.54, 1.807) is 31.2 Å². The average Bonchev–Trinajstić information content (AvgIpc) is 2.57. The number of ether oxygens (including phenoxy) is 1. The topological polar surface area (TPSA) is 87.2 Å². The Kier molecular flexibility index (Phi) is 6.06. The van der Waals surface area contributed by atoms with Crippen molar-refractivity contribution in [2.24, 2.45) is 5.92 Å². The summed E-state index contributed by atoms with van der Waals surface area (Å²) in [5.74, 6) is -0.912. The van der Waals surface area contributed by atoms with Crippen LogP contribution < -0.4 is 9.04 Å². The molecule has 1 aromatic carbocycles. The van der Waals surface area contributed by atoms with Crippen LogP contribution in [0, 0.1) is 5.92 Å². The molecular weight excluding hydrogens is 332 g/mol. The van der Waals surface area contributed by atoms with E-state index in [1.165, 1.54) is 8.61 Å². The lowest BCUT2D eigenvalue weighted by atomic mass is 10.0. The number of nitrogens with zero attached hydrogens (tertiary/aromatic N) is 2. The van der Waals surface area contributed by atoms with Crippen LogP contribution in [0.1, 0.15) is 26.7 Å². The van der Waals surface area contributed by atoms with Crippen LogP contribution in [0.25, 0.3) is 0 Å². The van der Waals surface area contributed by atoms with Crippen LogP contribution in [0.2, 0.25) is 0 Å². The van der Waals surface area contributed by atoms with Gasteiger partial charge in [0.15, 0.2) is 0 Å². The van der Waals surface area contributed by atoms with Crippen LogP contribution in [-0.2, 0) is 15.0 Å². The summed E-state index contributed by atoms with van der Waals surface area (Å²) >= 11 is 0. The fraction of sp³-hybridized carbons (Fsp3) is 0.562. The van der Waals surface area contributed by atoms with E-state index in [0.717, 1.165) is 0 Å². The molecule has 1 heterocycles. The maximum absolute atomic E-state index is 12.9. The first-order chi connectivity index (χ1) is 11.4. The summed E-state index contributed by atoms with van der Waals surface area (Å²) in [6, 6.07) is 6.86. The van der Waals surface area contributed by atoms with Crippen LogP contribution >= 0.6 is 0 Å². The van der Waals surface area contributed by atoms with Crippen LogP contribution in [0.4, 0.5) is 5.69 Å². The summed E-state index contributed by atoms with van der Waals surface area (Å²) in [5, 5.41) is 9.17. The van der Waals surface area contributed by atoms with Crippen molar-refractivity contribution in [3.63, 3.8) is 0 Å².